The van der Waals surface area contributed by atoms with Crippen molar-refractivity contribution >= 4 is 33.6 Å². The first-order valence-electron chi connectivity index (χ1n) is 7.76. The predicted octanol–water partition coefficient (Wildman–Crippen LogP) is 5.61. The van der Waals surface area contributed by atoms with Gasteiger partial charge in [-0.3, -0.25) is 0 Å². The van der Waals surface area contributed by atoms with E-state index in [9.17, 15) is 17.4 Å². The highest BCUT2D eigenvalue weighted by Crippen LogP contribution is 2.37. The molecule has 0 N–H and O–H groups in total. The molecule has 0 amide bonds. The quantitative estimate of drug-likeness (QED) is 0.507. The molecule has 0 bridgehead atoms. The van der Waals surface area contributed by atoms with Gasteiger partial charge in [0.25, 0.3) is 0 Å². The molecule has 0 aliphatic heterocycles. The van der Waals surface area contributed by atoms with Crippen molar-refractivity contribution < 1.29 is 21.6 Å². The van der Waals surface area contributed by atoms with Crippen LogP contribution in [0.1, 0.15) is 0 Å². The van der Waals surface area contributed by atoms with Crippen molar-refractivity contribution in [2.24, 2.45) is 0 Å². The Kier molecular flexibility index (Phi) is 5.88. The largest absolute Gasteiger partial charge is 0.401 e. The van der Waals surface area contributed by atoms with Crippen molar-refractivity contribution in [2.75, 3.05) is 5.75 Å². The molecule has 0 heterocycles. The molecule has 0 aliphatic rings. The van der Waals surface area contributed by atoms with Gasteiger partial charge in [0, 0.05) is 4.90 Å². The van der Waals surface area contributed by atoms with Crippen LogP contribution < -0.4 is 4.18 Å². The number of halogens is 3. The summed E-state index contributed by atoms with van der Waals surface area (Å²) in [4.78, 5) is 0.475. The normalized spacial score (nSPS) is 14.1. The van der Waals surface area contributed by atoms with E-state index in [0.29, 0.717) is 16.7 Å². The Morgan fingerprint density at radius 1 is 0.923 bits per heavy atom. The fourth-order valence-electron chi connectivity index (χ4n) is 2.34. The average Bonchev–Trinajstić information content (AvgIpc) is 2.61. The SMILES string of the molecule is O=S(C[C@@H](Sc1ccc2ccccc2c1)C(F)(F)F)Oc1ccccc1. The molecule has 0 aromatic heterocycles. The molecule has 0 saturated carbocycles. The summed E-state index contributed by atoms with van der Waals surface area (Å²) in [5.74, 6) is -0.363. The lowest BCUT2D eigenvalue weighted by Crippen LogP contribution is -2.32. The molecule has 0 aliphatic carbocycles. The first kappa shape index (κ1) is 18.8. The van der Waals surface area contributed by atoms with Crippen LogP contribution >= 0.6 is 11.8 Å². The molecule has 3 aromatic rings. The van der Waals surface area contributed by atoms with Crippen LogP contribution in [0.5, 0.6) is 5.75 Å². The molecule has 0 saturated heterocycles. The molecule has 7 heteroatoms. The van der Waals surface area contributed by atoms with Gasteiger partial charge >= 0.3 is 6.18 Å². The van der Waals surface area contributed by atoms with Crippen molar-refractivity contribution in [1.82, 2.24) is 0 Å². The minimum Gasteiger partial charge on any atom is -0.401 e. The van der Waals surface area contributed by atoms with Gasteiger partial charge in [-0.1, -0.05) is 48.5 Å². The molecule has 3 rings (SSSR count). The van der Waals surface area contributed by atoms with Crippen LogP contribution in [0.25, 0.3) is 10.8 Å². The van der Waals surface area contributed by atoms with Crippen LogP contribution in [0.3, 0.4) is 0 Å². The van der Waals surface area contributed by atoms with Gasteiger partial charge in [0.15, 0.2) is 0 Å². The molecule has 0 spiro atoms. The predicted molar refractivity (Wildman–Crippen MR) is 99.7 cm³/mol. The van der Waals surface area contributed by atoms with E-state index in [1.807, 2.05) is 24.3 Å². The van der Waals surface area contributed by atoms with Crippen molar-refractivity contribution in [3.63, 3.8) is 0 Å². The van der Waals surface area contributed by atoms with Gasteiger partial charge in [-0.05, 0) is 35.0 Å². The van der Waals surface area contributed by atoms with E-state index in [2.05, 4.69) is 0 Å². The van der Waals surface area contributed by atoms with Gasteiger partial charge in [0.2, 0.25) is 11.1 Å². The van der Waals surface area contributed by atoms with Crippen LogP contribution in [-0.2, 0) is 11.1 Å². The lowest BCUT2D eigenvalue weighted by Gasteiger charge is -2.19. The molecule has 2 atom stereocenters. The molecule has 0 radical (unpaired) electrons. The highest BCUT2D eigenvalue weighted by molar-refractivity contribution is 8.00. The minimum absolute atomic E-state index is 0.280. The lowest BCUT2D eigenvalue weighted by molar-refractivity contribution is -0.124. The number of fused-ring (bicyclic) bond motifs is 1. The van der Waals surface area contributed by atoms with Gasteiger partial charge < -0.3 is 4.18 Å². The summed E-state index contributed by atoms with van der Waals surface area (Å²) in [6.07, 6.45) is -4.49. The second-order valence-electron chi connectivity index (χ2n) is 5.52. The summed E-state index contributed by atoms with van der Waals surface area (Å²) < 4.78 is 57.4. The Morgan fingerprint density at radius 2 is 1.58 bits per heavy atom. The Balaban J connectivity index is 1.74. The number of hydrogen-bond donors (Lipinski definition) is 0. The van der Waals surface area contributed by atoms with Crippen molar-refractivity contribution in [3.05, 3.63) is 72.8 Å². The zero-order chi connectivity index (χ0) is 18.6. The van der Waals surface area contributed by atoms with E-state index in [-0.39, 0.29) is 5.75 Å². The number of hydrogen-bond acceptors (Lipinski definition) is 3. The van der Waals surface area contributed by atoms with Crippen LogP contribution in [0.4, 0.5) is 13.2 Å². The Labute approximate surface area is 156 Å². The van der Waals surface area contributed by atoms with Crippen LogP contribution in [0.2, 0.25) is 0 Å². The fourth-order valence-corrected chi connectivity index (χ4v) is 4.58. The molecule has 2 nitrogen and oxygen atoms in total. The summed E-state index contributed by atoms with van der Waals surface area (Å²) >= 11 is -1.44. The molecular weight excluding hydrogens is 381 g/mol. The highest BCUT2D eigenvalue weighted by atomic mass is 32.2. The molecule has 1 unspecified atom stereocenters. The van der Waals surface area contributed by atoms with E-state index >= 15 is 0 Å². The summed E-state index contributed by atoms with van der Waals surface area (Å²) in [7, 11) is 0. The van der Waals surface area contributed by atoms with Crippen molar-refractivity contribution in [1.29, 1.82) is 0 Å². The maximum Gasteiger partial charge on any atom is 0.401 e. The third-order valence-electron chi connectivity index (χ3n) is 3.58. The van der Waals surface area contributed by atoms with Crippen LogP contribution in [0.15, 0.2) is 77.7 Å². The average molecular weight is 396 g/mol. The maximum absolute atomic E-state index is 13.4. The van der Waals surface area contributed by atoms with E-state index in [0.717, 1.165) is 10.8 Å². The minimum atomic E-state index is -4.49. The fraction of sp³-hybridized carbons (Fsp3) is 0.158. The van der Waals surface area contributed by atoms with E-state index in [1.54, 1.807) is 48.5 Å². The summed E-state index contributed by atoms with van der Waals surface area (Å²) in [5.41, 5.74) is 0. The van der Waals surface area contributed by atoms with Gasteiger partial charge in [-0.15, -0.1) is 11.8 Å². The third kappa shape index (κ3) is 5.02. The number of para-hydroxylation sites is 1. The Morgan fingerprint density at radius 3 is 2.27 bits per heavy atom. The molecular formula is C19H15F3O2S2. The monoisotopic (exact) mass is 396 g/mol. The Bertz CT molecular complexity index is 898. The topological polar surface area (TPSA) is 26.3 Å². The summed E-state index contributed by atoms with van der Waals surface area (Å²) in [6.45, 7) is 0. The lowest BCUT2D eigenvalue weighted by atomic mass is 10.1. The van der Waals surface area contributed by atoms with Gasteiger partial charge in [-0.25, -0.2) is 4.21 Å². The summed E-state index contributed by atoms with van der Waals surface area (Å²) in [5, 5.41) is -0.00955. The zero-order valence-corrected chi connectivity index (χ0v) is 15.1. The Hall–Kier alpha value is -1.99. The molecule has 136 valence electrons. The van der Waals surface area contributed by atoms with Crippen molar-refractivity contribution in [3.8, 4) is 5.75 Å². The van der Waals surface area contributed by atoms with Gasteiger partial charge in [-0.2, -0.15) is 13.2 Å². The van der Waals surface area contributed by atoms with Crippen molar-refractivity contribution in [2.45, 2.75) is 16.3 Å². The number of thioether (sulfide) groups is 1. The zero-order valence-electron chi connectivity index (χ0n) is 13.5. The first-order valence-corrected chi connectivity index (χ1v) is 9.88. The smallest absolute Gasteiger partial charge is 0.401 e. The van der Waals surface area contributed by atoms with E-state index in [4.69, 9.17) is 4.18 Å². The highest BCUT2D eigenvalue weighted by Gasteiger charge is 2.42. The summed E-state index contributed by atoms with van der Waals surface area (Å²) in [6, 6.07) is 20.8. The number of benzene rings is 3. The second kappa shape index (κ2) is 8.14. The van der Waals surface area contributed by atoms with Crippen LogP contribution in [0, 0.1) is 0 Å². The van der Waals surface area contributed by atoms with Crippen LogP contribution in [-0.4, -0.2) is 21.4 Å². The van der Waals surface area contributed by atoms with E-state index in [1.165, 1.54) is 0 Å². The molecule has 0 fully saturated rings. The molecule has 26 heavy (non-hydrogen) atoms. The number of rotatable bonds is 6. The van der Waals surface area contributed by atoms with E-state index < -0.39 is 28.3 Å². The first-order chi connectivity index (χ1) is 12.4. The number of alkyl halides is 3. The maximum atomic E-state index is 13.4. The second-order valence-corrected chi connectivity index (χ2v) is 7.91. The molecule has 3 aromatic carbocycles. The standard InChI is InChI=1S/C19H15F3O2S2/c20-19(21,22)18(13-26(23)24-16-8-2-1-3-9-16)25-17-11-10-14-6-4-5-7-15(14)12-17/h1-12,18H,13H2/t18-,26?/m1/s1. The van der Waals surface area contributed by atoms with Gasteiger partial charge in [0.05, 0.1) is 5.75 Å². The third-order valence-corrected chi connectivity index (χ3v) is 6.02. The van der Waals surface area contributed by atoms with Gasteiger partial charge in [0.1, 0.15) is 11.0 Å².